The van der Waals surface area contributed by atoms with Gasteiger partial charge in [-0.05, 0) is 88.6 Å². The summed E-state index contributed by atoms with van der Waals surface area (Å²) in [6.45, 7) is 4.62. The van der Waals surface area contributed by atoms with Gasteiger partial charge in [0.15, 0.2) is 17.5 Å². The van der Waals surface area contributed by atoms with Crippen LogP contribution in [0.15, 0.2) is 176 Å². The minimum atomic E-state index is -0.130. The second-order valence-corrected chi connectivity index (χ2v) is 15.1. The molecule has 0 spiro atoms. The Morgan fingerprint density at radius 2 is 0.818 bits per heavy atom. The average Bonchev–Trinajstić information content (AvgIpc) is 3.49. The predicted molar refractivity (Wildman–Crippen MR) is 229 cm³/mol. The topological polar surface area (TPSA) is 38.7 Å². The molecule has 0 saturated heterocycles. The summed E-state index contributed by atoms with van der Waals surface area (Å²) in [5.41, 5.74) is 10.2. The Bertz CT molecular complexity index is 3180. The fraction of sp³-hybridized carbons (Fsp3) is 0.0577. The van der Waals surface area contributed by atoms with E-state index in [2.05, 4.69) is 172 Å². The molecule has 0 aliphatic heterocycles. The first kappa shape index (κ1) is 31.5. The van der Waals surface area contributed by atoms with Gasteiger partial charge in [-0.25, -0.2) is 15.0 Å². The molecule has 10 aromatic rings. The van der Waals surface area contributed by atoms with Crippen molar-refractivity contribution in [2.45, 2.75) is 19.3 Å². The maximum absolute atomic E-state index is 5.30. The van der Waals surface area contributed by atoms with Crippen LogP contribution in [-0.4, -0.2) is 15.0 Å². The SMILES string of the molecule is CC1(C)c2ccccc2-c2c(-c3nc(-c4ccccc4)nc(-c4cccc(-c5cc6c7ccccc7c7ccccc7c6c6ccccc56)c4)n3)cccc21. The minimum Gasteiger partial charge on any atom is -0.208 e. The highest BCUT2D eigenvalue weighted by Crippen LogP contribution is 2.52. The quantitative estimate of drug-likeness (QED) is 0.171. The smallest absolute Gasteiger partial charge is 0.164 e. The molecule has 0 radical (unpaired) electrons. The Morgan fingerprint density at radius 1 is 0.327 bits per heavy atom. The van der Waals surface area contributed by atoms with Crippen LogP contribution in [0, 0.1) is 0 Å². The van der Waals surface area contributed by atoms with Crippen LogP contribution in [0.2, 0.25) is 0 Å². The molecule has 55 heavy (non-hydrogen) atoms. The molecule has 0 bridgehead atoms. The van der Waals surface area contributed by atoms with Crippen LogP contribution in [0.4, 0.5) is 0 Å². The van der Waals surface area contributed by atoms with Crippen molar-refractivity contribution in [1.82, 2.24) is 15.0 Å². The van der Waals surface area contributed by atoms with Gasteiger partial charge in [0.25, 0.3) is 0 Å². The first-order chi connectivity index (χ1) is 27.0. The highest BCUT2D eigenvalue weighted by molar-refractivity contribution is 6.33. The van der Waals surface area contributed by atoms with Gasteiger partial charge in [-0.2, -0.15) is 0 Å². The lowest BCUT2D eigenvalue weighted by Crippen LogP contribution is -2.14. The van der Waals surface area contributed by atoms with Crippen molar-refractivity contribution in [2.24, 2.45) is 0 Å². The van der Waals surface area contributed by atoms with Gasteiger partial charge in [0.1, 0.15) is 0 Å². The Balaban J connectivity index is 1.15. The molecule has 3 nitrogen and oxygen atoms in total. The zero-order chi connectivity index (χ0) is 36.7. The number of hydrogen-bond donors (Lipinski definition) is 0. The molecular weight excluding hydrogens is 667 g/mol. The van der Waals surface area contributed by atoms with Crippen molar-refractivity contribution in [1.29, 1.82) is 0 Å². The Morgan fingerprint density at radius 3 is 1.58 bits per heavy atom. The van der Waals surface area contributed by atoms with Gasteiger partial charge in [-0.3, -0.25) is 0 Å². The first-order valence-electron chi connectivity index (χ1n) is 19.0. The van der Waals surface area contributed by atoms with Gasteiger partial charge < -0.3 is 0 Å². The number of aromatic nitrogens is 3. The number of fused-ring (bicyclic) bond motifs is 11. The first-order valence-corrected chi connectivity index (χ1v) is 19.0. The number of rotatable bonds is 4. The summed E-state index contributed by atoms with van der Waals surface area (Å²) in [6.07, 6.45) is 0. The van der Waals surface area contributed by atoms with Gasteiger partial charge in [0.2, 0.25) is 0 Å². The Kier molecular flexibility index (Phi) is 6.90. The molecule has 1 heterocycles. The maximum atomic E-state index is 5.30. The van der Waals surface area contributed by atoms with E-state index in [1.165, 1.54) is 70.9 Å². The molecule has 0 amide bonds. The van der Waals surface area contributed by atoms with Crippen molar-refractivity contribution < 1.29 is 0 Å². The third-order valence-electron chi connectivity index (χ3n) is 11.7. The van der Waals surface area contributed by atoms with Crippen LogP contribution in [0.1, 0.15) is 25.0 Å². The van der Waals surface area contributed by atoms with Crippen molar-refractivity contribution in [3.63, 3.8) is 0 Å². The van der Waals surface area contributed by atoms with E-state index < -0.39 is 0 Å². The van der Waals surface area contributed by atoms with Crippen LogP contribution in [0.3, 0.4) is 0 Å². The summed E-state index contributed by atoms with van der Waals surface area (Å²) in [6, 6.07) is 63.1. The molecule has 258 valence electrons. The second-order valence-electron chi connectivity index (χ2n) is 15.1. The molecule has 0 fully saturated rings. The molecule has 1 aromatic heterocycles. The van der Waals surface area contributed by atoms with Gasteiger partial charge in [-0.15, -0.1) is 0 Å². The van der Waals surface area contributed by atoms with E-state index in [0.717, 1.165) is 22.3 Å². The van der Waals surface area contributed by atoms with Gasteiger partial charge >= 0.3 is 0 Å². The molecule has 1 aliphatic rings. The molecule has 0 N–H and O–H groups in total. The summed E-state index contributed by atoms with van der Waals surface area (Å²) in [4.78, 5) is 15.6. The van der Waals surface area contributed by atoms with E-state index >= 15 is 0 Å². The third kappa shape index (κ3) is 4.79. The zero-order valence-corrected chi connectivity index (χ0v) is 30.6. The fourth-order valence-corrected chi connectivity index (χ4v) is 9.11. The fourth-order valence-electron chi connectivity index (χ4n) is 9.11. The lowest BCUT2D eigenvalue weighted by molar-refractivity contribution is 0.660. The van der Waals surface area contributed by atoms with Crippen molar-refractivity contribution in [2.75, 3.05) is 0 Å². The molecule has 9 aromatic carbocycles. The minimum absolute atomic E-state index is 0.130. The summed E-state index contributed by atoms with van der Waals surface area (Å²) in [7, 11) is 0. The molecule has 0 atom stereocenters. The summed E-state index contributed by atoms with van der Waals surface area (Å²) < 4.78 is 0. The van der Waals surface area contributed by atoms with Crippen LogP contribution in [0.5, 0.6) is 0 Å². The van der Waals surface area contributed by atoms with Crippen LogP contribution >= 0.6 is 0 Å². The van der Waals surface area contributed by atoms with Gasteiger partial charge in [-0.1, -0.05) is 178 Å². The monoisotopic (exact) mass is 701 g/mol. The normalized spacial score (nSPS) is 13.1. The number of nitrogens with zero attached hydrogens (tertiary/aromatic N) is 3. The average molecular weight is 702 g/mol. The molecule has 3 heteroatoms. The standard InChI is InChI=1S/C52H35N3/c1-52(2)45-28-13-12-26-41(45)48-42(27-15-29-46(48)52)51-54-49(32-16-4-3-5-17-32)53-50(55-51)34-19-14-18-33(30-34)43-31-44-37-22-7-6-20-35(37)36-21-8-10-24-39(36)47(44)40-25-11-9-23-38(40)43/h3-31H,1-2H3. The van der Waals surface area contributed by atoms with Gasteiger partial charge in [0.05, 0.1) is 0 Å². The largest absolute Gasteiger partial charge is 0.208 e. The summed E-state index contributed by atoms with van der Waals surface area (Å²) >= 11 is 0. The van der Waals surface area contributed by atoms with Crippen molar-refractivity contribution in [3.8, 4) is 56.4 Å². The van der Waals surface area contributed by atoms with E-state index in [1.54, 1.807) is 0 Å². The highest BCUT2D eigenvalue weighted by Gasteiger charge is 2.37. The van der Waals surface area contributed by atoms with Crippen molar-refractivity contribution >= 4 is 43.1 Å². The lowest BCUT2D eigenvalue weighted by Gasteiger charge is -2.21. The molecule has 11 rings (SSSR count). The summed E-state index contributed by atoms with van der Waals surface area (Å²) in [5.74, 6) is 1.98. The second kappa shape index (κ2) is 12.0. The van der Waals surface area contributed by atoms with Crippen molar-refractivity contribution in [3.05, 3.63) is 187 Å². The Hall–Kier alpha value is -6.97. The van der Waals surface area contributed by atoms with E-state index in [-0.39, 0.29) is 5.41 Å². The Labute approximate surface area is 319 Å². The van der Waals surface area contributed by atoms with E-state index in [0.29, 0.717) is 17.5 Å². The number of benzene rings is 9. The van der Waals surface area contributed by atoms with Crippen LogP contribution in [0.25, 0.3) is 99.5 Å². The van der Waals surface area contributed by atoms with E-state index in [1.807, 2.05) is 18.2 Å². The zero-order valence-electron chi connectivity index (χ0n) is 30.6. The molecular formula is C52H35N3. The molecule has 0 saturated carbocycles. The van der Waals surface area contributed by atoms with E-state index in [4.69, 9.17) is 15.0 Å². The van der Waals surface area contributed by atoms with Gasteiger partial charge in [0, 0.05) is 22.1 Å². The van der Waals surface area contributed by atoms with Crippen LogP contribution in [-0.2, 0) is 5.41 Å². The van der Waals surface area contributed by atoms with E-state index in [9.17, 15) is 0 Å². The lowest BCUT2D eigenvalue weighted by atomic mass is 9.82. The maximum Gasteiger partial charge on any atom is 0.164 e. The highest BCUT2D eigenvalue weighted by atomic mass is 15.0. The molecule has 0 unspecified atom stereocenters. The third-order valence-corrected chi connectivity index (χ3v) is 11.7. The predicted octanol–water partition coefficient (Wildman–Crippen LogP) is 13.5. The number of hydrogen-bond acceptors (Lipinski definition) is 3. The van der Waals surface area contributed by atoms with Crippen LogP contribution < -0.4 is 0 Å². The molecule has 1 aliphatic carbocycles. The summed E-state index contributed by atoms with van der Waals surface area (Å²) in [5, 5.41) is 10.1.